The Morgan fingerprint density at radius 1 is 0.433 bits per heavy atom. The van der Waals surface area contributed by atoms with Gasteiger partial charge in [0.2, 0.25) is 0 Å². The van der Waals surface area contributed by atoms with Gasteiger partial charge < -0.3 is 0 Å². The van der Waals surface area contributed by atoms with Gasteiger partial charge in [-0.25, -0.2) is 0 Å². The van der Waals surface area contributed by atoms with Crippen molar-refractivity contribution >= 4 is 0 Å². The lowest BCUT2D eigenvalue weighted by Gasteiger charge is -2.20. The maximum atomic E-state index is 13.6. The van der Waals surface area contributed by atoms with E-state index in [0.29, 0.717) is 11.1 Å². The second-order valence-electron chi connectivity index (χ2n) is 9.95. The Morgan fingerprint density at radius 2 is 0.767 bits per heavy atom. The summed E-state index contributed by atoms with van der Waals surface area (Å²) >= 11 is 0. The molecule has 30 heavy (non-hydrogen) atoms. The third-order valence-electron chi connectivity index (χ3n) is 5.43. The molecule has 0 aliphatic carbocycles. The summed E-state index contributed by atoms with van der Waals surface area (Å²) in [6.45, 7) is 12.7. The Balaban J connectivity index is 2.09. The summed E-state index contributed by atoms with van der Waals surface area (Å²) in [5.74, 6) is 0. The van der Waals surface area contributed by atoms with Gasteiger partial charge in [0.15, 0.2) is 0 Å². The van der Waals surface area contributed by atoms with E-state index in [1.165, 1.54) is 12.1 Å². The number of rotatable bonds is 2. The highest BCUT2D eigenvalue weighted by Gasteiger charge is 2.31. The number of benzene rings is 3. The molecule has 3 aromatic carbocycles. The summed E-state index contributed by atoms with van der Waals surface area (Å²) in [4.78, 5) is 0. The summed E-state index contributed by atoms with van der Waals surface area (Å²) in [6.07, 6.45) is -4.40. The van der Waals surface area contributed by atoms with E-state index in [1.807, 2.05) is 54.6 Å². The van der Waals surface area contributed by atoms with Crippen molar-refractivity contribution in [3.8, 4) is 22.3 Å². The van der Waals surface area contributed by atoms with Crippen LogP contribution in [0.5, 0.6) is 0 Å². The average molecular weight is 411 g/mol. The monoisotopic (exact) mass is 410 g/mol. The molecule has 0 amide bonds. The van der Waals surface area contributed by atoms with Gasteiger partial charge >= 0.3 is 6.18 Å². The summed E-state index contributed by atoms with van der Waals surface area (Å²) in [6, 6.07) is 19.9. The van der Waals surface area contributed by atoms with Gasteiger partial charge in [-0.2, -0.15) is 13.2 Å². The minimum atomic E-state index is -4.40. The standard InChI is InChI=1S/C27H29F3/c1-25(2,3)22-11-7-18(8-12-22)20-15-21(17-24(16-20)27(28,29)30)19-9-13-23(14-10-19)26(4,5)6/h7-17H,1-6H3. The molecule has 0 atom stereocenters. The van der Waals surface area contributed by atoms with Crippen molar-refractivity contribution in [2.75, 3.05) is 0 Å². The van der Waals surface area contributed by atoms with Crippen LogP contribution in [-0.2, 0) is 17.0 Å². The van der Waals surface area contributed by atoms with E-state index in [1.54, 1.807) is 0 Å². The van der Waals surface area contributed by atoms with Crippen LogP contribution in [0.3, 0.4) is 0 Å². The molecule has 0 aliphatic rings. The number of hydrogen-bond acceptors (Lipinski definition) is 0. The van der Waals surface area contributed by atoms with Crippen molar-refractivity contribution in [2.45, 2.75) is 58.5 Å². The smallest absolute Gasteiger partial charge is 0.166 e. The Kier molecular flexibility index (Phi) is 5.62. The topological polar surface area (TPSA) is 0 Å². The molecular weight excluding hydrogens is 381 g/mol. The van der Waals surface area contributed by atoms with E-state index in [-0.39, 0.29) is 10.8 Å². The first kappa shape index (κ1) is 22.1. The van der Waals surface area contributed by atoms with Crippen molar-refractivity contribution in [3.63, 3.8) is 0 Å². The third-order valence-corrected chi connectivity index (χ3v) is 5.43. The molecule has 0 unspecified atom stereocenters. The molecule has 0 heterocycles. The third kappa shape index (κ3) is 4.95. The first-order valence-electron chi connectivity index (χ1n) is 10.2. The van der Waals surface area contributed by atoms with Crippen LogP contribution >= 0.6 is 0 Å². The fraction of sp³-hybridized carbons (Fsp3) is 0.333. The normalized spacial score (nSPS) is 12.8. The zero-order chi connectivity index (χ0) is 22.3. The van der Waals surface area contributed by atoms with Gasteiger partial charge in [-0.3, -0.25) is 0 Å². The fourth-order valence-electron chi connectivity index (χ4n) is 3.45. The van der Waals surface area contributed by atoms with Crippen LogP contribution in [0.15, 0.2) is 66.7 Å². The lowest BCUT2D eigenvalue weighted by Crippen LogP contribution is -2.10. The van der Waals surface area contributed by atoms with E-state index in [9.17, 15) is 13.2 Å². The lowest BCUT2D eigenvalue weighted by molar-refractivity contribution is -0.137. The molecule has 3 heteroatoms. The van der Waals surface area contributed by atoms with E-state index in [0.717, 1.165) is 22.3 Å². The fourth-order valence-corrected chi connectivity index (χ4v) is 3.45. The van der Waals surface area contributed by atoms with E-state index >= 15 is 0 Å². The Bertz CT molecular complexity index is 934. The van der Waals surface area contributed by atoms with Crippen molar-refractivity contribution in [2.24, 2.45) is 0 Å². The molecule has 0 saturated carbocycles. The highest BCUT2D eigenvalue weighted by atomic mass is 19.4. The van der Waals surface area contributed by atoms with Crippen LogP contribution in [0, 0.1) is 0 Å². The zero-order valence-corrected chi connectivity index (χ0v) is 18.5. The first-order chi connectivity index (χ1) is 13.7. The van der Waals surface area contributed by atoms with Crippen molar-refractivity contribution < 1.29 is 13.2 Å². The minimum absolute atomic E-state index is 0.00763. The van der Waals surface area contributed by atoms with Crippen LogP contribution in [0.25, 0.3) is 22.3 Å². The molecule has 0 spiro atoms. The Labute approximate surface area is 177 Å². The van der Waals surface area contributed by atoms with Gasteiger partial charge in [0.1, 0.15) is 0 Å². The van der Waals surface area contributed by atoms with Crippen LogP contribution in [0.2, 0.25) is 0 Å². The molecule has 3 rings (SSSR count). The molecule has 0 aliphatic heterocycles. The highest BCUT2D eigenvalue weighted by molar-refractivity contribution is 5.74. The van der Waals surface area contributed by atoms with Crippen LogP contribution in [-0.4, -0.2) is 0 Å². The lowest BCUT2D eigenvalue weighted by atomic mass is 9.85. The number of alkyl halides is 3. The van der Waals surface area contributed by atoms with Crippen LogP contribution in [0.4, 0.5) is 13.2 Å². The molecule has 0 bridgehead atoms. The summed E-state index contributed by atoms with van der Waals surface area (Å²) in [5, 5.41) is 0. The SMILES string of the molecule is CC(C)(C)c1ccc(-c2cc(-c3ccc(C(C)(C)C)cc3)cc(C(F)(F)F)c2)cc1. The maximum absolute atomic E-state index is 13.6. The summed E-state index contributed by atoms with van der Waals surface area (Å²) < 4.78 is 40.9. The van der Waals surface area contributed by atoms with Gasteiger partial charge in [-0.1, -0.05) is 90.1 Å². The van der Waals surface area contributed by atoms with E-state index < -0.39 is 11.7 Å². The van der Waals surface area contributed by atoms with Crippen molar-refractivity contribution in [1.82, 2.24) is 0 Å². The quantitative estimate of drug-likeness (QED) is 0.396. The predicted octanol–water partition coefficient (Wildman–Crippen LogP) is 8.63. The van der Waals surface area contributed by atoms with Gasteiger partial charge in [-0.15, -0.1) is 0 Å². The Morgan fingerprint density at radius 3 is 1.03 bits per heavy atom. The largest absolute Gasteiger partial charge is 0.416 e. The minimum Gasteiger partial charge on any atom is -0.166 e. The predicted molar refractivity (Wildman–Crippen MR) is 120 cm³/mol. The summed E-state index contributed by atoms with van der Waals surface area (Å²) in [5.41, 5.74) is 4.35. The molecule has 0 fully saturated rings. The first-order valence-corrected chi connectivity index (χ1v) is 10.2. The molecule has 0 saturated heterocycles. The number of halogens is 3. The van der Waals surface area contributed by atoms with Gasteiger partial charge in [-0.05, 0) is 62.4 Å². The number of hydrogen-bond donors (Lipinski definition) is 0. The van der Waals surface area contributed by atoms with Crippen LogP contribution < -0.4 is 0 Å². The van der Waals surface area contributed by atoms with Crippen LogP contribution in [0.1, 0.15) is 58.2 Å². The molecule has 0 N–H and O–H groups in total. The van der Waals surface area contributed by atoms with Crippen molar-refractivity contribution in [1.29, 1.82) is 0 Å². The second kappa shape index (κ2) is 7.61. The molecule has 0 nitrogen and oxygen atoms in total. The molecule has 158 valence electrons. The van der Waals surface area contributed by atoms with E-state index in [4.69, 9.17) is 0 Å². The Hall–Kier alpha value is -2.55. The van der Waals surface area contributed by atoms with E-state index in [2.05, 4.69) is 41.5 Å². The zero-order valence-electron chi connectivity index (χ0n) is 18.5. The molecule has 0 radical (unpaired) electrons. The second-order valence-corrected chi connectivity index (χ2v) is 9.95. The molecule has 0 aromatic heterocycles. The average Bonchev–Trinajstić information content (AvgIpc) is 2.66. The van der Waals surface area contributed by atoms with Gasteiger partial charge in [0.05, 0.1) is 5.56 Å². The van der Waals surface area contributed by atoms with Crippen molar-refractivity contribution in [3.05, 3.63) is 83.4 Å². The van der Waals surface area contributed by atoms with Gasteiger partial charge in [0, 0.05) is 0 Å². The van der Waals surface area contributed by atoms with Gasteiger partial charge in [0.25, 0.3) is 0 Å². The highest BCUT2D eigenvalue weighted by Crippen LogP contribution is 2.37. The molecule has 3 aromatic rings. The summed E-state index contributed by atoms with van der Waals surface area (Å²) in [7, 11) is 0. The molecular formula is C27H29F3. The maximum Gasteiger partial charge on any atom is 0.416 e.